The number of rotatable bonds is 2. The molecule has 94 valence electrons. The van der Waals surface area contributed by atoms with Crippen LogP contribution in [0.5, 0.6) is 0 Å². The van der Waals surface area contributed by atoms with Gasteiger partial charge >= 0.3 is 6.18 Å². The van der Waals surface area contributed by atoms with Crippen LogP contribution in [0.4, 0.5) is 13.2 Å². The van der Waals surface area contributed by atoms with E-state index in [4.69, 9.17) is 4.42 Å². The second kappa shape index (κ2) is 4.40. The van der Waals surface area contributed by atoms with Gasteiger partial charge in [0.05, 0.1) is 19.4 Å². The average Bonchev–Trinajstić information content (AvgIpc) is 2.68. The Labute approximate surface area is 95.4 Å². The van der Waals surface area contributed by atoms with E-state index >= 15 is 0 Å². The topological polar surface area (TPSA) is 45.5 Å². The van der Waals surface area contributed by atoms with E-state index in [1.165, 1.54) is 6.26 Å². The first kappa shape index (κ1) is 12.0. The van der Waals surface area contributed by atoms with E-state index in [9.17, 15) is 18.0 Å². The van der Waals surface area contributed by atoms with Gasteiger partial charge in [-0.15, -0.1) is 0 Å². The van der Waals surface area contributed by atoms with Crippen LogP contribution in [-0.2, 0) is 11.3 Å². The largest absolute Gasteiger partial charge is 0.468 e. The molecule has 1 unspecified atom stereocenters. The van der Waals surface area contributed by atoms with Gasteiger partial charge in [0.25, 0.3) is 0 Å². The maximum atomic E-state index is 12.7. The van der Waals surface area contributed by atoms with Crippen LogP contribution >= 0.6 is 0 Å². The van der Waals surface area contributed by atoms with Crippen LogP contribution < -0.4 is 5.32 Å². The molecule has 2 heterocycles. The van der Waals surface area contributed by atoms with Gasteiger partial charge in [-0.2, -0.15) is 13.2 Å². The quantitative estimate of drug-likeness (QED) is 0.853. The van der Waals surface area contributed by atoms with E-state index in [0.29, 0.717) is 5.76 Å². The Kier molecular flexibility index (Phi) is 3.10. The third-order valence-corrected chi connectivity index (χ3v) is 2.60. The van der Waals surface area contributed by atoms with E-state index in [2.05, 4.69) is 5.32 Å². The number of nitrogens with zero attached hydrogens (tertiary/aromatic N) is 1. The highest BCUT2D eigenvalue weighted by atomic mass is 19.4. The second-order valence-corrected chi connectivity index (χ2v) is 3.85. The molecule has 2 rings (SSSR count). The number of furan rings is 1. The van der Waals surface area contributed by atoms with Crippen molar-refractivity contribution in [3.05, 3.63) is 24.2 Å². The van der Waals surface area contributed by atoms with Crippen LogP contribution in [-0.4, -0.2) is 36.1 Å². The summed E-state index contributed by atoms with van der Waals surface area (Å²) in [5, 5.41) is 2.22. The summed E-state index contributed by atoms with van der Waals surface area (Å²) >= 11 is 0. The lowest BCUT2D eigenvalue weighted by Gasteiger charge is -2.35. The maximum Gasteiger partial charge on any atom is 0.405 e. The predicted molar refractivity (Wildman–Crippen MR) is 52.0 cm³/mol. The molecule has 1 saturated heterocycles. The number of carbonyl (C=O) groups excluding carboxylic acids is 1. The summed E-state index contributed by atoms with van der Waals surface area (Å²) in [7, 11) is 0. The summed E-state index contributed by atoms with van der Waals surface area (Å²) in [4.78, 5) is 12.2. The number of hydrogen-bond acceptors (Lipinski definition) is 3. The molecule has 0 bridgehead atoms. The van der Waals surface area contributed by atoms with Crippen molar-refractivity contribution >= 4 is 5.91 Å². The fraction of sp³-hybridized carbons (Fsp3) is 0.500. The summed E-state index contributed by atoms with van der Waals surface area (Å²) < 4.78 is 43.2. The molecule has 0 spiro atoms. The van der Waals surface area contributed by atoms with Crippen molar-refractivity contribution in [2.45, 2.75) is 18.8 Å². The molecule has 1 aliphatic heterocycles. The third kappa shape index (κ3) is 2.79. The molecule has 4 nitrogen and oxygen atoms in total. The molecule has 1 atom stereocenters. The molecule has 1 aromatic rings. The van der Waals surface area contributed by atoms with Gasteiger partial charge in [-0.1, -0.05) is 0 Å². The molecule has 1 aromatic heterocycles. The van der Waals surface area contributed by atoms with Crippen molar-refractivity contribution in [1.82, 2.24) is 10.2 Å². The lowest BCUT2D eigenvalue weighted by atomic mass is 10.1. The molecule has 1 fully saturated rings. The van der Waals surface area contributed by atoms with Gasteiger partial charge in [0, 0.05) is 6.54 Å². The van der Waals surface area contributed by atoms with E-state index in [1.807, 2.05) is 0 Å². The Balaban J connectivity index is 2.11. The van der Waals surface area contributed by atoms with Crippen LogP contribution in [0.25, 0.3) is 0 Å². The van der Waals surface area contributed by atoms with Crippen molar-refractivity contribution in [3.63, 3.8) is 0 Å². The van der Waals surface area contributed by atoms with Crippen molar-refractivity contribution < 1.29 is 22.4 Å². The molecule has 1 aliphatic rings. The predicted octanol–water partition coefficient (Wildman–Crippen LogP) is 1.14. The molecule has 1 amide bonds. The number of piperazine rings is 1. The van der Waals surface area contributed by atoms with Gasteiger partial charge in [0.15, 0.2) is 0 Å². The van der Waals surface area contributed by atoms with E-state index < -0.39 is 24.7 Å². The van der Waals surface area contributed by atoms with Crippen molar-refractivity contribution in [2.75, 3.05) is 13.1 Å². The summed E-state index contributed by atoms with van der Waals surface area (Å²) in [6.07, 6.45) is -2.97. The molecular formula is C10H11F3N2O2. The van der Waals surface area contributed by atoms with E-state index in [-0.39, 0.29) is 13.1 Å². The Hall–Kier alpha value is -1.50. The first-order chi connectivity index (χ1) is 7.97. The molecule has 7 heteroatoms. The molecular weight excluding hydrogens is 237 g/mol. The van der Waals surface area contributed by atoms with Crippen LogP contribution in [0, 0.1) is 0 Å². The lowest BCUT2D eigenvalue weighted by molar-refractivity contribution is -0.190. The van der Waals surface area contributed by atoms with E-state index in [1.54, 1.807) is 12.1 Å². The SMILES string of the molecule is O=C1CN(Cc2ccco2)C(C(F)(F)F)CN1. The van der Waals surface area contributed by atoms with Gasteiger partial charge in [-0.25, -0.2) is 0 Å². The van der Waals surface area contributed by atoms with E-state index in [0.717, 1.165) is 4.90 Å². The van der Waals surface area contributed by atoms with Gasteiger partial charge in [-0.3, -0.25) is 9.69 Å². The van der Waals surface area contributed by atoms with Crippen LogP contribution in [0.3, 0.4) is 0 Å². The zero-order chi connectivity index (χ0) is 12.5. The molecule has 0 aromatic carbocycles. The first-order valence-corrected chi connectivity index (χ1v) is 5.06. The summed E-state index contributed by atoms with van der Waals surface area (Å²) in [6, 6.07) is 1.52. The maximum absolute atomic E-state index is 12.7. The summed E-state index contributed by atoms with van der Waals surface area (Å²) in [5.41, 5.74) is 0. The third-order valence-electron chi connectivity index (χ3n) is 2.60. The number of halogens is 3. The highest BCUT2D eigenvalue weighted by Gasteiger charge is 2.46. The zero-order valence-electron chi connectivity index (χ0n) is 8.83. The molecule has 0 aliphatic carbocycles. The standard InChI is InChI=1S/C10H11F3N2O2/c11-10(12,13)8-4-14-9(16)6-15(8)5-7-2-1-3-17-7/h1-3,8H,4-6H2,(H,14,16). The van der Waals surface area contributed by atoms with Crippen LogP contribution in [0.1, 0.15) is 5.76 Å². The van der Waals surface area contributed by atoms with Crippen molar-refractivity contribution in [2.24, 2.45) is 0 Å². The minimum Gasteiger partial charge on any atom is -0.468 e. The first-order valence-electron chi connectivity index (χ1n) is 5.06. The fourth-order valence-electron chi connectivity index (χ4n) is 1.78. The minimum absolute atomic E-state index is 0.0232. The highest BCUT2D eigenvalue weighted by molar-refractivity contribution is 5.78. The lowest BCUT2D eigenvalue weighted by Crippen LogP contribution is -2.59. The summed E-state index contributed by atoms with van der Waals surface area (Å²) in [5.74, 6) is 0.00556. The monoisotopic (exact) mass is 248 g/mol. The zero-order valence-corrected chi connectivity index (χ0v) is 8.83. The number of nitrogens with one attached hydrogen (secondary N) is 1. The number of carbonyl (C=O) groups is 1. The van der Waals surface area contributed by atoms with Crippen LogP contribution in [0.15, 0.2) is 22.8 Å². The summed E-state index contributed by atoms with van der Waals surface area (Å²) in [6.45, 7) is -0.710. The van der Waals surface area contributed by atoms with Crippen molar-refractivity contribution in [3.8, 4) is 0 Å². The molecule has 17 heavy (non-hydrogen) atoms. The van der Waals surface area contributed by atoms with Gasteiger partial charge in [-0.05, 0) is 12.1 Å². The highest BCUT2D eigenvalue weighted by Crippen LogP contribution is 2.27. The van der Waals surface area contributed by atoms with Crippen molar-refractivity contribution in [1.29, 1.82) is 0 Å². The second-order valence-electron chi connectivity index (χ2n) is 3.85. The Morgan fingerprint density at radius 3 is 2.88 bits per heavy atom. The Bertz CT molecular complexity index is 389. The Morgan fingerprint density at radius 2 is 2.29 bits per heavy atom. The molecule has 1 N–H and O–H groups in total. The normalized spacial score (nSPS) is 22.5. The minimum atomic E-state index is -4.36. The fourth-order valence-corrected chi connectivity index (χ4v) is 1.78. The molecule has 0 saturated carbocycles. The van der Waals surface area contributed by atoms with Crippen LogP contribution in [0.2, 0.25) is 0 Å². The smallest absolute Gasteiger partial charge is 0.405 e. The number of alkyl halides is 3. The number of amides is 1. The Morgan fingerprint density at radius 1 is 1.53 bits per heavy atom. The molecule has 0 radical (unpaired) electrons. The van der Waals surface area contributed by atoms with Gasteiger partial charge in [0.1, 0.15) is 11.8 Å². The van der Waals surface area contributed by atoms with Gasteiger partial charge < -0.3 is 9.73 Å². The van der Waals surface area contributed by atoms with Gasteiger partial charge in [0.2, 0.25) is 5.91 Å². The average molecular weight is 248 g/mol. The number of hydrogen-bond donors (Lipinski definition) is 1.